The van der Waals surface area contributed by atoms with Gasteiger partial charge in [0.2, 0.25) is 0 Å². The van der Waals surface area contributed by atoms with Crippen molar-refractivity contribution < 1.29 is 10.2 Å². The average Bonchev–Trinajstić information content (AvgIpc) is 3.42. The van der Waals surface area contributed by atoms with Gasteiger partial charge in [-0.1, -0.05) is 12.1 Å². The van der Waals surface area contributed by atoms with Crippen LogP contribution in [0.25, 0.3) is 16.6 Å². The molecule has 2 N–H and O–H groups in total. The van der Waals surface area contributed by atoms with Crippen LogP contribution in [0.1, 0.15) is 48.8 Å². The van der Waals surface area contributed by atoms with E-state index in [2.05, 4.69) is 51.5 Å². The molecular weight excluding hydrogens is 426 g/mol. The Morgan fingerprint density at radius 3 is 2.50 bits per heavy atom. The van der Waals surface area contributed by atoms with E-state index in [1.165, 1.54) is 24.1 Å². The number of pyridine rings is 1. The van der Waals surface area contributed by atoms with Crippen molar-refractivity contribution in [2.75, 3.05) is 24.6 Å². The highest BCUT2D eigenvalue weighted by molar-refractivity contribution is 5.65. The molecule has 4 heterocycles. The quantitative estimate of drug-likeness (QED) is 0.438. The second kappa shape index (κ2) is 8.89. The van der Waals surface area contributed by atoms with Crippen LogP contribution >= 0.6 is 0 Å². The van der Waals surface area contributed by atoms with E-state index in [9.17, 15) is 5.11 Å². The Balaban J connectivity index is 1.14. The van der Waals surface area contributed by atoms with Crippen LogP contribution in [0.5, 0.6) is 0 Å². The molecule has 7 heteroatoms. The Bertz CT molecular complexity index is 1270. The van der Waals surface area contributed by atoms with Crippen LogP contribution in [0.2, 0.25) is 0 Å². The highest BCUT2D eigenvalue weighted by Gasteiger charge is 2.34. The summed E-state index contributed by atoms with van der Waals surface area (Å²) in [6, 6.07) is 10.8. The molecule has 1 aliphatic heterocycles. The molecule has 3 aromatic heterocycles. The van der Waals surface area contributed by atoms with Crippen LogP contribution in [0.3, 0.4) is 0 Å². The normalized spacial score (nSPS) is 18.0. The minimum Gasteiger partial charge on any atom is -0.394 e. The number of benzene rings is 1. The molecule has 0 bridgehead atoms. The Morgan fingerprint density at radius 1 is 0.971 bits per heavy atom. The van der Waals surface area contributed by atoms with Crippen LogP contribution in [0.4, 0.5) is 5.69 Å². The minimum absolute atomic E-state index is 0.0875. The molecule has 1 aromatic carbocycles. The van der Waals surface area contributed by atoms with Crippen molar-refractivity contribution in [3.05, 3.63) is 72.6 Å². The number of aliphatic hydroxyl groups is 2. The van der Waals surface area contributed by atoms with Crippen LogP contribution < -0.4 is 4.90 Å². The molecule has 0 spiro atoms. The third kappa shape index (κ3) is 3.99. The number of piperidine rings is 1. The molecule has 6 rings (SSSR count). The molecule has 1 atom stereocenters. The summed E-state index contributed by atoms with van der Waals surface area (Å²) in [6.45, 7) is 2.48. The van der Waals surface area contributed by atoms with E-state index in [1.807, 2.05) is 29.3 Å². The smallest absolute Gasteiger partial charge is 0.0992 e. The first-order valence-corrected chi connectivity index (χ1v) is 12.3. The molecule has 176 valence electrons. The summed E-state index contributed by atoms with van der Waals surface area (Å²) in [6.07, 6.45) is 13.5. The number of fused-ring (bicyclic) bond motifs is 1. The average molecular weight is 458 g/mol. The summed E-state index contributed by atoms with van der Waals surface area (Å²) >= 11 is 0. The Labute approximate surface area is 199 Å². The maximum atomic E-state index is 11.5. The van der Waals surface area contributed by atoms with Gasteiger partial charge in [-0.2, -0.15) is 5.10 Å². The van der Waals surface area contributed by atoms with Crippen molar-refractivity contribution in [3.8, 4) is 11.1 Å². The lowest BCUT2D eigenvalue weighted by Gasteiger charge is -2.36. The van der Waals surface area contributed by atoms with Crippen molar-refractivity contribution in [1.82, 2.24) is 19.2 Å². The van der Waals surface area contributed by atoms with Gasteiger partial charge in [0.15, 0.2) is 0 Å². The van der Waals surface area contributed by atoms with Gasteiger partial charge in [0.1, 0.15) is 0 Å². The van der Waals surface area contributed by atoms with Crippen molar-refractivity contribution >= 4 is 11.2 Å². The van der Waals surface area contributed by atoms with E-state index in [0.29, 0.717) is 12.5 Å². The van der Waals surface area contributed by atoms with Crippen molar-refractivity contribution in [1.29, 1.82) is 0 Å². The Hall–Kier alpha value is -3.16. The Kier molecular flexibility index (Phi) is 5.59. The lowest BCUT2D eigenvalue weighted by Crippen LogP contribution is -2.35. The zero-order chi connectivity index (χ0) is 23.1. The fourth-order valence-corrected chi connectivity index (χ4v) is 5.41. The molecule has 1 saturated heterocycles. The SMILES string of the molecule is OCCn1cc(-c2ccc(N3CCC(C(O)c4c(C5CC5)ccn5cncc45)CC3)cc2)cn1. The molecule has 7 nitrogen and oxygen atoms in total. The number of anilines is 1. The van der Waals surface area contributed by atoms with Gasteiger partial charge in [-0.15, -0.1) is 0 Å². The number of hydrogen-bond acceptors (Lipinski definition) is 5. The second-order valence-corrected chi connectivity index (χ2v) is 9.68. The third-order valence-electron chi connectivity index (χ3n) is 7.49. The van der Waals surface area contributed by atoms with Gasteiger partial charge in [-0.05, 0) is 66.8 Å². The highest BCUT2D eigenvalue weighted by atomic mass is 16.3. The lowest BCUT2D eigenvalue weighted by molar-refractivity contribution is 0.0931. The van der Waals surface area contributed by atoms with Gasteiger partial charge in [0.25, 0.3) is 0 Å². The maximum Gasteiger partial charge on any atom is 0.0992 e. The van der Waals surface area contributed by atoms with E-state index in [0.717, 1.165) is 48.1 Å². The monoisotopic (exact) mass is 457 g/mol. The van der Waals surface area contributed by atoms with Crippen LogP contribution in [-0.4, -0.2) is 49.1 Å². The molecule has 0 radical (unpaired) electrons. The van der Waals surface area contributed by atoms with E-state index >= 15 is 0 Å². The topological polar surface area (TPSA) is 78.8 Å². The molecule has 4 aromatic rings. The summed E-state index contributed by atoms with van der Waals surface area (Å²) in [5, 5.41) is 24.9. The molecule has 1 unspecified atom stereocenters. The predicted octanol–water partition coefficient (Wildman–Crippen LogP) is 4.02. The first-order chi connectivity index (χ1) is 16.7. The number of nitrogens with zero attached hydrogens (tertiary/aromatic N) is 5. The highest BCUT2D eigenvalue weighted by Crippen LogP contribution is 2.46. The number of imidazole rings is 1. The van der Waals surface area contributed by atoms with Crippen LogP contribution in [0, 0.1) is 5.92 Å². The maximum absolute atomic E-state index is 11.5. The molecule has 34 heavy (non-hydrogen) atoms. The fraction of sp³-hybridized carbons (Fsp3) is 0.407. The summed E-state index contributed by atoms with van der Waals surface area (Å²) in [5.74, 6) is 0.852. The molecule has 2 aliphatic rings. The number of rotatable bonds is 7. The molecule has 0 amide bonds. The van der Waals surface area contributed by atoms with E-state index in [4.69, 9.17) is 5.11 Å². The van der Waals surface area contributed by atoms with Gasteiger partial charge >= 0.3 is 0 Å². The second-order valence-electron chi connectivity index (χ2n) is 9.68. The van der Waals surface area contributed by atoms with Crippen molar-refractivity contribution in [3.63, 3.8) is 0 Å². The van der Waals surface area contributed by atoms with Crippen molar-refractivity contribution in [2.24, 2.45) is 5.92 Å². The van der Waals surface area contributed by atoms with E-state index in [1.54, 1.807) is 4.68 Å². The molecule has 1 aliphatic carbocycles. The summed E-state index contributed by atoms with van der Waals surface area (Å²) < 4.78 is 3.80. The summed E-state index contributed by atoms with van der Waals surface area (Å²) in [4.78, 5) is 6.75. The van der Waals surface area contributed by atoms with Crippen molar-refractivity contribution in [2.45, 2.75) is 44.2 Å². The van der Waals surface area contributed by atoms with E-state index < -0.39 is 6.10 Å². The van der Waals surface area contributed by atoms with Gasteiger partial charge in [-0.25, -0.2) is 4.98 Å². The Morgan fingerprint density at radius 2 is 1.76 bits per heavy atom. The molecular formula is C27H31N5O2. The standard InChI is InChI=1S/C27H31N5O2/c33-14-13-32-17-22(15-29-32)19-3-5-23(6-4-19)30-10-7-21(8-11-30)27(34)26-24(20-1-2-20)9-12-31-18-28-16-25(26)31/h3-6,9,12,15-18,20-21,27,33-34H,1-2,7-8,10-11,13-14H2. The van der Waals surface area contributed by atoms with Gasteiger partial charge in [0.05, 0.1) is 43.5 Å². The zero-order valence-corrected chi connectivity index (χ0v) is 19.3. The van der Waals surface area contributed by atoms with Crippen LogP contribution in [-0.2, 0) is 6.54 Å². The number of hydrogen-bond donors (Lipinski definition) is 2. The fourth-order valence-electron chi connectivity index (χ4n) is 5.41. The number of aliphatic hydroxyl groups excluding tert-OH is 2. The first-order valence-electron chi connectivity index (χ1n) is 12.3. The third-order valence-corrected chi connectivity index (χ3v) is 7.49. The van der Waals surface area contributed by atoms with Gasteiger partial charge in [0, 0.05) is 42.3 Å². The minimum atomic E-state index is -0.448. The summed E-state index contributed by atoms with van der Waals surface area (Å²) in [7, 11) is 0. The predicted molar refractivity (Wildman–Crippen MR) is 132 cm³/mol. The lowest BCUT2D eigenvalue weighted by atomic mass is 9.84. The van der Waals surface area contributed by atoms with Gasteiger partial charge < -0.3 is 19.5 Å². The molecule has 2 fully saturated rings. The van der Waals surface area contributed by atoms with Crippen LogP contribution in [0.15, 0.2) is 61.4 Å². The largest absolute Gasteiger partial charge is 0.394 e. The van der Waals surface area contributed by atoms with Gasteiger partial charge in [-0.3, -0.25) is 4.68 Å². The number of aromatic nitrogens is 4. The molecule has 1 saturated carbocycles. The first kappa shape index (κ1) is 21.4. The van der Waals surface area contributed by atoms with E-state index in [-0.39, 0.29) is 12.5 Å². The summed E-state index contributed by atoms with van der Waals surface area (Å²) in [5.41, 5.74) is 6.88. The zero-order valence-electron chi connectivity index (χ0n) is 19.3.